The van der Waals surface area contributed by atoms with Crippen LogP contribution in [0.25, 0.3) is 0 Å². The zero-order chi connectivity index (χ0) is 21.1. The number of nitro benzene ring substituents is 1. The van der Waals surface area contributed by atoms with E-state index in [4.69, 9.17) is 4.74 Å². The van der Waals surface area contributed by atoms with Gasteiger partial charge in [0.05, 0.1) is 16.1 Å². The largest absolute Gasteiger partial charge is 0.452 e. The molecular formula is C18H15F3N2O5. The number of rotatable bonds is 5. The summed E-state index contributed by atoms with van der Waals surface area (Å²) in [5.74, 6) is -1.70. The summed E-state index contributed by atoms with van der Waals surface area (Å²) >= 11 is 0. The van der Waals surface area contributed by atoms with E-state index in [9.17, 15) is 32.9 Å². The van der Waals surface area contributed by atoms with Gasteiger partial charge < -0.3 is 10.1 Å². The molecule has 0 heterocycles. The number of hydrogen-bond acceptors (Lipinski definition) is 5. The molecule has 2 rings (SSSR count). The van der Waals surface area contributed by atoms with Gasteiger partial charge in [0.25, 0.3) is 11.6 Å². The molecule has 2 aromatic rings. The van der Waals surface area contributed by atoms with Crippen LogP contribution < -0.4 is 5.32 Å². The molecule has 0 saturated heterocycles. The van der Waals surface area contributed by atoms with Crippen molar-refractivity contribution in [2.45, 2.75) is 20.0 Å². The normalized spacial score (nSPS) is 11.0. The number of nitro groups is 1. The molecule has 0 aliphatic rings. The maximum absolute atomic E-state index is 12.7. The molecule has 28 heavy (non-hydrogen) atoms. The van der Waals surface area contributed by atoms with Gasteiger partial charge in [0.15, 0.2) is 6.61 Å². The van der Waals surface area contributed by atoms with Crippen LogP contribution in [0.1, 0.15) is 27.0 Å². The van der Waals surface area contributed by atoms with Crippen LogP contribution in [0.4, 0.5) is 24.5 Å². The summed E-state index contributed by atoms with van der Waals surface area (Å²) in [5.41, 5.74) is -0.767. The molecule has 7 nitrogen and oxygen atoms in total. The predicted octanol–water partition coefficient (Wildman–Crippen LogP) is 4.03. The van der Waals surface area contributed by atoms with E-state index in [1.807, 2.05) is 6.92 Å². The highest BCUT2D eigenvalue weighted by Gasteiger charge is 2.33. The highest BCUT2D eigenvalue weighted by Crippen LogP contribution is 2.34. The van der Waals surface area contributed by atoms with Gasteiger partial charge >= 0.3 is 12.1 Å². The molecular weight excluding hydrogens is 381 g/mol. The Kier molecular flexibility index (Phi) is 6.02. The van der Waals surface area contributed by atoms with E-state index in [1.54, 1.807) is 19.1 Å². The number of alkyl halides is 3. The van der Waals surface area contributed by atoms with Crippen molar-refractivity contribution in [2.75, 3.05) is 11.9 Å². The number of carbonyl (C=O) groups excluding carboxylic acids is 2. The third-order valence-corrected chi connectivity index (χ3v) is 3.73. The first-order chi connectivity index (χ1) is 13.0. The van der Waals surface area contributed by atoms with Crippen molar-refractivity contribution in [3.8, 4) is 0 Å². The molecule has 0 bridgehead atoms. The molecule has 0 aliphatic carbocycles. The van der Waals surface area contributed by atoms with E-state index in [-0.39, 0.29) is 5.56 Å². The first-order valence-electron chi connectivity index (χ1n) is 7.89. The lowest BCUT2D eigenvalue weighted by atomic mass is 10.1. The Labute approximate surface area is 157 Å². The van der Waals surface area contributed by atoms with Gasteiger partial charge in [-0.1, -0.05) is 17.7 Å². The zero-order valence-corrected chi connectivity index (χ0v) is 14.8. The van der Waals surface area contributed by atoms with E-state index in [0.717, 1.165) is 11.6 Å². The smallest absolute Gasteiger partial charge is 0.416 e. The van der Waals surface area contributed by atoms with E-state index >= 15 is 0 Å². The third-order valence-electron chi connectivity index (χ3n) is 3.73. The molecule has 0 atom stereocenters. The van der Waals surface area contributed by atoms with Gasteiger partial charge in [-0.3, -0.25) is 14.9 Å². The minimum atomic E-state index is -4.77. The number of aryl methyl sites for hydroxylation is 2. The third kappa shape index (κ3) is 5.06. The second-order valence-electron chi connectivity index (χ2n) is 5.93. The number of ether oxygens (including phenoxy) is 1. The Morgan fingerprint density at radius 3 is 2.39 bits per heavy atom. The van der Waals surface area contributed by atoms with Gasteiger partial charge in [-0.2, -0.15) is 13.2 Å². The molecule has 0 spiro atoms. The molecule has 10 heteroatoms. The molecule has 1 amide bonds. The monoisotopic (exact) mass is 396 g/mol. The number of anilines is 1. The average molecular weight is 396 g/mol. The number of benzene rings is 2. The van der Waals surface area contributed by atoms with Crippen LogP contribution in [0, 0.1) is 24.0 Å². The molecule has 148 valence electrons. The predicted molar refractivity (Wildman–Crippen MR) is 92.9 cm³/mol. The first-order valence-corrected chi connectivity index (χ1v) is 7.89. The SMILES string of the molecule is Cc1ccc(C(=O)OCC(=O)Nc2ccc(C(F)(F)F)cc2[N+](=O)[O-])c(C)c1. The lowest BCUT2D eigenvalue weighted by Gasteiger charge is -2.11. The topological polar surface area (TPSA) is 98.5 Å². The molecule has 0 fully saturated rings. The summed E-state index contributed by atoms with van der Waals surface area (Å²) in [6, 6.07) is 6.66. The number of carbonyl (C=O) groups is 2. The van der Waals surface area contributed by atoms with Crippen molar-refractivity contribution in [1.29, 1.82) is 0 Å². The van der Waals surface area contributed by atoms with Crippen LogP contribution in [-0.4, -0.2) is 23.4 Å². The van der Waals surface area contributed by atoms with Crippen molar-refractivity contribution in [3.63, 3.8) is 0 Å². The van der Waals surface area contributed by atoms with Crippen LogP contribution in [0.3, 0.4) is 0 Å². The summed E-state index contributed by atoms with van der Waals surface area (Å²) in [4.78, 5) is 33.9. The fourth-order valence-electron chi connectivity index (χ4n) is 2.40. The quantitative estimate of drug-likeness (QED) is 0.467. The lowest BCUT2D eigenvalue weighted by Crippen LogP contribution is -2.22. The number of nitrogens with zero attached hydrogens (tertiary/aromatic N) is 1. The fraction of sp³-hybridized carbons (Fsp3) is 0.222. The second kappa shape index (κ2) is 8.07. The molecule has 0 saturated carbocycles. The van der Waals surface area contributed by atoms with Crippen molar-refractivity contribution >= 4 is 23.3 Å². The lowest BCUT2D eigenvalue weighted by molar-refractivity contribution is -0.384. The van der Waals surface area contributed by atoms with E-state index in [1.165, 1.54) is 6.07 Å². The summed E-state index contributed by atoms with van der Waals surface area (Å²) in [6.45, 7) is 2.77. The van der Waals surface area contributed by atoms with E-state index in [2.05, 4.69) is 5.32 Å². The average Bonchev–Trinajstić information content (AvgIpc) is 2.58. The minimum absolute atomic E-state index is 0.249. The molecule has 0 radical (unpaired) electrons. The fourth-order valence-corrected chi connectivity index (χ4v) is 2.40. The van der Waals surface area contributed by atoms with Crippen LogP contribution in [0.5, 0.6) is 0 Å². The Bertz CT molecular complexity index is 941. The Hall–Kier alpha value is -3.43. The molecule has 0 aliphatic heterocycles. The van der Waals surface area contributed by atoms with E-state index in [0.29, 0.717) is 17.7 Å². The van der Waals surface area contributed by atoms with Crippen molar-refractivity contribution in [3.05, 3.63) is 68.8 Å². The number of halogens is 3. The molecule has 0 aromatic heterocycles. The van der Waals surface area contributed by atoms with Crippen molar-refractivity contribution in [2.24, 2.45) is 0 Å². The summed E-state index contributed by atoms with van der Waals surface area (Å²) < 4.78 is 42.9. The summed E-state index contributed by atoms with van der Waals surface area (Å²) in [6.07, 6.45) is -4.77. The second-order valence-corrected chi connectivity index (χ2v) is 5.93. The number of amides is 1. The standard InChI is InChI=1S/C18H15F3N2O5/c1-10-3-5-13(11(2)7-10)17(25)28-9-16(24)22-14-6-4-12(18(19,20)21)8-15(14)23(26)27/h3-8H,9H2,1-2H3,(H,22,24). The highest BCUT2D eigenvalue weighted by atomic mass is 19.4. The van der Waals surface area contributed by atoms with Gasteiger partial charge in [0.2, 0.25) is 0 Å². The maximum atomic E-state index is 12.7. The van der Waals surface area contributed by atoms with Gasteiger partial charge in [-0.15, -0.1) is 0 Å². The first kappa shape index (κ1) is 20.9. The van der Waals surface area contributed by atoms with Crippen LogP contribution >= 0.6 is 0 Å². The maximum Gasteiger partial charge on any atom is 0.416 e. The Balaban J connectivity index is 2.08. The van der Waals surface area contributed by atoms with Gasteiger partial charge in [0, 0.05) is 6.07 Å². The van der Waals surface area contributed by atoms with E-state index < -0.39 is 46.5 Å². The summed E-state index contributed by atoms with van der Waals surface area (Å²) in [5, 5.41) is 13.1. The zero-order valence-electron chi connectivity index (χ0n) is 14.8. The van der Waals surface area contributed by atoms with Gasteiger partial charge in [-0.05, 0) is 37.6 Å². The molecule has 0 unspecified atom stereocenters. The van der Waals surface area contributed by atoms with Gasteiger partial charge in [-0.25, -0.2) is 4.79 Å². The van der Waals surface area contributed by atoms with Crippen molar-refractivity contribution < 1.29 is 32.4 Å². The number of esters is 1. The number of nitrogens with one attached hydrogen (secondary N) is 1. The van der Waals surface area contributed by atoms with Crippen molar-refractivity contribution in [1.82, 2.24) is 0 Å². The Morgan fingerprint density at radius 1 is 1.14 bits per heavy atom. The number of hydrogen-bond donors (Lipinski definition) is 1. The minimum Gasteiger partial charge on any atom is -0.452 e. The highest BCUT2D eigenvalue weighted by molar-refractivity contribution is 5.97. The molecule has 1 N–H and O–H groups in total. The van der Waals surface area contributed by atoms with Crippen LogP contribution in [0.15, 0.2) is 36.4 Å². The molecule has 2 aromatic carbocycles. The Morgan fingerprint density at radius 2 is 1.82 bits per heavy atom. The van der Waals surface area contributed by atoms with Crippen LogP contribution in [0.2, 0.25) is 0 Å². The summed E-state index contributed by atoms with van der Waals surface area (Å²) in [7, 11) is 0. The van der Waals surface area contributed by atoms with Crippen LogP contribution in [-0.2, 0) is 15.7 Å². The van der Waals surface area contributed by atoms with Gasteiger partial charge in [0.1, 0.15) is 5.69 Å².